The van der Waals surface area contributed by atoms with E-state index in [0.717, 1.165) is 48.8 Å². The number of methoxy groups -OCH3 is 1. The highest BCUT2D eigenvalue weighted by molar-refractivity contribution is 6.30. The number of anilines is 1. The fourth-order valence-corrected chi connectivity index (χ4v) is 6.38. The van der Waals surface area contributed by atoms with Gasteiger partial charge in [-0.05, 0) is 42.8 Å². The average molecular weight is 622 g/mol. The van der Waals surface area contributed by atoms with Crippen LogP contribution in [0.1, 0.15) is 28.2 Å². The molecule has 2 aromatic heterocycles. The van der Waals surface area contributed by atoms with Crippen molar-refractivity contribution in [2.24, 2.45) is 0 Å². The monoisotopic (exact) mass is 621 g/mol. The Morgan fingerprint density at radius 2 is 1.95 bits per heavy atom. The van der Waals surface area contributed by atoms with Crippen LogP contribution in [0, 0.1) is 5.82 Å². The number of carbonyl (C=O) groups excluding carboxylic acids is 1. The molecule has 2 aromatic carbocycles. The smallest absolute Gasteiger partial charge is 0.337 e. The number of hydrogen-bond donors (Lipinski definition) is 0. The van der Waals surface area contributed by atoms with Crippen LogP contribution in [0.15, 0.2) is 54.6 Å². The third-order valence-corrected chi connectivity index (χ3v) is 8.92. The Morgan fingerprint density at radius 1 is 1.09 bits per heavy atom. The lowest BCUT2D eigenvalue weighted by Gasteiger charge is -2.44. The first-order chi connectivity index (χ1) is 21.5. The fourth-order valence-electron chi connectivity index (χ4n) is 6.22. The number of imidazole rings is 1. The molecule has 4 aromatic rings. The second-order valence-electron chi connectivity index (χ2n) is 11.3. The molecule has 0 saturated carbocycles. The van der Waals surface area contributed by atoms with Gasteiger partial charge in [-0.15, -0.1) is 0 Å². The first-order valence-electron chi connectivity index (χ1n) is 14.8. The van der Waals surface area contributed by atoms with Gasteiger partial charge in [-0.2, -0.15) is 4.98 Å². The lowest BCUT2D eigenvalue weighted by molar-refractivity contribution is -0.0592. The van der Waals surface area contributed by atoms with Crippen LogP contribution < -0.4 is 9.64 Å². The summed E-state index contributed by atoms with van der Waals surface area (Å²) in [5.41, 5.74) is 2.65. The number of aromatic nitrogens is 3. The maximum atomic E-state index is 14.3. The minimum Gasteiger partial charge on any atom is -0.473 e. The highest BCUT2D eigenvalue weighted by atomic mass is 35.5. The zero-order valence-corrected chi connectivity index (χ0v) is 25.1. The Bertz CT molecular complexity index is 1680. The summed E-state index contributed by atoms with van der Waals surface area (Å²) in [7, 11) is 1.39. The van der Waals surface area contributed by atoms with Crippen molar-refractivity contribution in [2.45, 2.75) is 44.3 Å². The summed E-state index contributed by atoms with van der Waals surface area (Å²) in [6.45, 7) is 4.84. The Hall–Kier alpha value is -3.77. The van der Waals surface area contributed by atoms with Crippen molar-refractivity contribution in [3.63, 3.8) is 0 Å². The minimum atomic E-state index is -0.409. The van der Waals surface area contributed by atoms with E-state index in [2.05, 4.69) is 14.4 Å². The molecular formula is C32H33ClFN5O5. The Kier molecular flexibility index (Phi) is 8.11. The molecule has 44 heavy (non-hydrogen) atoms. The molecule has 0 radical (unpaired) electrons. The van der Waals surface area contributed by atoms with Crippen molar-refractivity contribution in [1.29, 1.82) is 0 Å². The number of benzene rings is 2. The van der Waals surface area contributed by atoms with Gasteiger partial charge in [0, 0.05) is 36.3 Å². The van der Waals surface area contributed by atoms with Gasteiger partial charge >= 0.3 is 5.97 Å². The predicted molar refractivity (Wildman–Crippen MR) is 162 cm³/mol. The highest BCUT2D eigenvalue weighted by Gasteiger charge is 2.42. The van der Waals surface area contributed by atoms with E-state index in [-0.39, 0.29) is 30.8 Å². The van der Waals surface area contributed by atoms with Crippen LogP contribution in [0.2, 0.25) is 5.02 Å². The molecule has 0 aliphatic carbocycles. The molecule has 3 atom stereocenters. The Labute approximate surface area is 259 Å². The summed E-state index contributed by atoms with van der Waals surface area (Å²) in [6, 6.07) is 15.9. The van der Waals surface area contributed by atoms with Crippen molar-refractivity contribution in [3.8, 4) is 5.88 Å². The van der Waals surface area contributed by atoms with E-state index < -0.39 is 5.82 Å². The summed E-state index contributed by atoms with van der Waals surface area (Å²) in [5, 5.41) is 0.344. The number of fused-ring (bicyclic) bond motifs is 2. The molecule has 3 fully saturated rings. The van der Waals surface area contributed by atoms with Gasteiger partial charge in [0.1, 0.15) is 24.1 Å². The zero-order chi connectivity index (χ0) is 30.2. The number of halogens is 2. The van der Waals surface area contributed by atoms with Crippen LogP contribution in [0.5, 0.6) is 5.88 Å². The SMILES string of the molecule is COC(=O)c1ccc2nc(CN3CCN(c4cccc(OCc5ccc(Cl)cc5F)n4)[C@H]4COC[C@H]43)n(C[C@@H]3CCO3)c2c1. The molecule has 0 amide bonds. The number of ether oxygens (including phenoxy) is 4. The van der Waals surface area contributed by atoms with E-state index in [1.165, 1.54) is 13.2 Å². The van der Waals surface area contributed by atoms with Gasteiger partial charge < -0.3 is 28.4 Å². The van der Waals surface area contributed by atoms with E-state index >= 15 is 0 Å². The summed E-state index contributed by atoms with van der Waals surface area (Å²) in [6.07, 6.45) is 1.13. The summed E-state index contributed by atoms with van der Waals surface area (Å²) < 4.78 is 39.0. The first kappa shape index (κ1) is 29.0. The minimum absolute atomic E-state index is 0.0520. The van der Waals surface area contributed by atoms with E-state index in [1.54, 1.807) is 24.3 Å². The quantitative estimate of drug-likeness (QED) is 0.251. The first-order valence-corrected chi connectivity index (χ1v) is 15.2. The molecule has 5 heterocycles. The van der Waals surface area contributed by atoms with E-state index in [0.29, 0.717) is 48.3 Å². The van der Waals surface area contributed by atoms with Crippen molar-refractivity contribution in [1.82, 2.24) is 19.4 Å². The lowest BCUT2D eigenvalue weighted by atomic mass is 10.0. The van der Waals surface area contributed by atoms with E-state index in [1.807, 2.05) is 24.3 Å². The number of pyridine rings is 1. The second kappa shape index (κ2) is 12.3. The Morgan fingerprint density at radius 3 is 2.75 bits per heavy atom. The van der Waals surface area contributed by atoms with E-state index in [4.69, 9.17) is 40.5 Å². The molecule has 0 N–H and O–H groups in total. The summed E-state index contributed by atoms with van der Waals surface area (Å²) >= 11 is 5.88. The zero-order valence-electron chi connectivity index (χ0n) is 24.3. The molecule has 3 aliphatic heterocycles. The lowest BCUT2D eigenvalue weighted by Crippen LogP contribution is -2.59. The summed E-state index contributed by atoms with van der Waals surface area (Å²) in [4.78, 5) is 26.7. The van der Waals surface area contributed by atoms with Gasteiger partial charge in [-0.25, -0.2) is 14.2 Å². The average Bonchev–Trinajstić information content (AvgIpc) is 3.63. The number of piperazine rings is 1. The van der Waals surface area contributed by atoms with Crippen molar-refractivity contribution in [3.05, 3.63) is 82.4 Å². The molecule has 3 aliphatic rings. The molecule has 3 saturated heterocycles. The van der Waals surface area contributed by atoms with Crippen molar-refractivity contribution >= 4 is 34.4 Å². The molecule has 0 bridgehead atoms. The number of carbonyl (C=O) groups is 1. The standard InChI is InChI=1S/C32H33ClFN5O5/c1-41-32(40)20-6-8-25-26(13-20)39(15-23-9-12-43-23)30(35-25)16-37-10-11-38(28-19-42-18-27(28)37)29-3-2-4-31(36-29)44-17-21-5-7-22(33)14-24(21)34/h2-8,13-14,23,27-28H,9-12,15-19H2,1H3/t23-,27+,28-/m0/s1. The van der Waals surface area contributed by atoms with Crippen molar-refractivity contribution < 1.29 is 28.1 Å². The van der Waals surface area contributed by atoms with Gasteiger partial charge in [0.05, 0.1) is 68.2 Å². The maximum absolute atomic E-state index is 14.3. The van der Waals surface area contributed by atoms with Gasteiger partial charge in [0.25, 0.3) is 0 Å². The van der Waals surface area contributed by atoms with Crippen LogP contribution in [0.25, 0.3) is 11.0 Å². The van der Waals surface area contributed by atoms with Crippen LogP contribution in [-0.4, -0.2) is 83.6 Å². The van der Waals surface area contributed by atoms with Gasteiger partial charge in [-0.3, -0.25) is 4.90 Å². The number of hydrogen-bond acceptors (Lipinski definition) is 9. The molecule has 12 heteroatoms. The van der Waals surface area contributed by atoms with Crippen LogP contribution in [-0.2, 0) is 33.9 Å². The molecule has 230 valence electrons. The van der Waals surface area contributed by atoms with Gasteiger partial charge in [0.15, 0.2) is 0 Å². The fraction of sp³-hybridized carbons (Fsp3) is 0.406. The van der Waals surface area contributed by atoms with Crippen molar-refractivity contribution in [2.75, 3.05) is 44.9 Å². The van der Waals surface area contributed by atoms with E-state index in [9.17, 15) is 9.18 Å². The van der Waals surface area contributed by atoms with Gasteiger partial charge in [0.2, 0.25) is 5.88 Å². The molecule has 7 rings (SSSR count). The summed E-state index contributed by atoms with van der Waals surface area (Å²) in [5.74, 6) is 1.37. The highest BCUT2D eigenvalue weighted by Crippen LogP contribution is 2.31. The number of rotatable bonds is 9. The Balaban J connectivity index is 1.09. The van der Waals surface area contributed by atoms with Gasteiger partial charge in [-0.1, -0.05) is 23.7 Å². The largest absolute Gasteiger partial charge is 0.473 e. The molecule has 0 unspecified atom stereocenters. The predicted octanol–water partition coefficient (Wildman–Crippen LogP) is 4.47. The molecular weight excluding hydrogens is 589 g/mol. The number of nitrogens with zero attached hydrogens (tertiary/aromatic N) is 5. The normalized spacial score (nSPS) is 21.7. The van der Waals surface area contributed by atoms with Crippen LogP contribution in [0.4, 0.5) is 10.2 Å². The van der Waals surface area contributed by atoms with Crippen LogP contribution >= 0.6 is 11.6 Å². The third kappa shape index (κ3) is 5.72. The van der Waals surface area contributed by atoms with Crippen LogP contribution in [0.3, 0.4) is 0 Å². The second-order valence-corrected chi connectivity index (χ2v) is 11.7. The molecule has 10 nitrogen and oxygen atoms in total. The molecule has 0 spiro atoms. The maximum Gasteiger partial charge on any atom is 0.337 e. The topological polar surface area (TPSA) is 91.2 Å². The third-order valence-electron chi connectivity index (χ3n) is 8.69. The number of esters is 1.